The van der Waals surface area contributed by atoms with E-state index in [-0.39, 0.29) is 11.6 Å². The van der Waals surface area contributed by atoms with Gasteiger partial charge in [0.2, 0.25) is 5.88 Å². The van der Waals surface area contributed by atoms with Crippen molar-refractivity contribution in [3.8, 4) is 16.5 Å². The average Bonchev–Trinajstić information content (AvgIpc) is 3.12. The molecule has 1 N–H and O–H groups in total. The lowest BCUT2D eigenvalue weighted by Crippen LogP contribution is -2.14. The fraction of sp³-hybridized carbons (Fsp3) is 0.143. The van der Waals surface area contributed by atoms with Gasteiger partial charge in [-0.1, -0.05) is 6.07 Å². The first-order valence-corrected chi connectivity index (χ1v) is 9.69. The number of ether oxygens (including phenoxy) is 1. The average molecular weight is 390 g/mol. The number of rotatable bonds is 5. The Morgan fingerprint density at radius 2 is 1.89 bits per heavy atom. The summed E-state index contributed by atoms with van der Waals surface area (Å²) in [5.74, 6) is 0.0770. The summed E-state index contributed by atoms with van der Waals surface area (Å²) in [7, 11) is 0. The molecule has 0 bridgehead atoms. The van der Waals surface area contributed by atoms with E-state index in [2.05, 4.69) is 39.6 Å². The van der Waals surface area contributed by atoms with Crippen LogP contribution in [-0.4, -0.2) is 27.7 Å². The van der Waals surface area contributed by atoms with E-state index in [9.17, 15) is 4.79 Å². The lowest BCUT2D eigenvalue weighted by atomic mass is 10.2. The van der Waals surface area contributed by atoms with Crippen molar-refractivity contribution in [2.75, 3.05) is 11.9 Å². The fourth-order valence-corrected chi connectivity index (χ4v) is 3.78. The van der Waals surface area contributed by atoms with Gasteiger partial charge in [-0.2, -0.15) is 0 Å². The van der Waals surface area contributed by atoms with Crippen LogP contribution in [0.1, 0.15) is 23.0 Å². The number of nitrogens with zero attached hydrogens (tertiary/aromatic N) is 3. The largest absolute Gasteiger partial charge is 0.477 e. The van der Waals surface area contributed by atoms with Crippen molar-refractivity contribution in [1.29, 1.82) is 0 Å². The molecule has 0 aliphatic rings. The van der Waals surface area contributed by atoms with Crippen molar-refractivity contribution >= 4 is 33.1 Å². The van der Waals surface area contributed by atoms with Crippen LogP contribution in [-0.2, 0) is 0 Å². The van der Waals surface area contributed by atoms with Crippen molar-refractivity contribution < 1.29 is 9.53 Å². The number of hydrogen-bond donors (Lipinski definition) is 1. The third-order valence-electron chi connectivity index (χ3n) is 4.10. The highest BCUT2D eigenvalue weighted by Crippen LogP contribution is 2.31. The Bertz CT molecular complexity index is 1120. The minimum Gasteiger partial charge on any atom is -0.477 e. The fourth-order valence-electron chi connectivity index (χ4n) is 2.71. The van der Waals surface area contributed by atoms with Crippen LogP contribution in [0.3, 0.4) is 0 Å². The van der Waals surface area contributed by atoms with Crippen molar-refractivity contribution in [2.24, 2.45) is 0 Å². The van der Waals surface area contributed by atoms with E-state index >= 15 is 0 Å². The molecule has 1 amide bonds. The number of carbonyl (C=O) groups excluding carboxylic acids is 1. The second-order valence-electron chi connectivity index (χ2n) is 6.21. The van der Waals surface area contributed by atoms with Crippen LogP contribution in [0.5, 0.6) is 5.88 Å². The Balaban J connectivity index is 1.48. The van der Waals surface area contributed by atoms with Gasteiger partial charge in [0.25, 0.3) is 5.91 Å². The standard InChI is InChI=1S/C21H18N4O2S/c1-3-27-19-11-10-17(24-25-19)20(26)22-15-7-5-14(6-8-15)21-23-16-9-4-13(2)12-18(16)28-21/h4-12H,3H2,1-2H3,(H,22,26). The van der Waals surface area contributed by atoms with Crippen LogP contribution in [0.2, 0.25) is 0 Å². The lowest BCUT2D eigenvalue weighted by molar-refractivity contribution is 0.102. The number of aryl methyl sites for hydroxylation is 1. The molecular weight excluding hydrogens is 372 g/mol. The summed E-state index contributed by atoms with van der Waals surface area (Å²) in [6.07, 6.45) is 0. The van der Waals surface area contributed by atoms with E-state index in [1.54, 1.807) is 23.5 Å². The van der Waals surface area contributed by atoms with Crippen LogP contribution in [0.25, 0.3) is 20.8 Å². The summed E-state index contributed by atoms with van der Waals surface area (Å²) >= 11 is 1.66. The van der Waals surface area contributed by atoms with Crippen molar-refractivity contribution in [3.63, 3.8) is 0 Å². The zero-order chi connectivity index (χ0) is 19.5. The Morgan fingerprint density at radius 3 is 2.61 bits per heavy atom. The number of nitrogens with one attached hydrogen (secondary N) is 1. The van der Waals surface area contributed by atoms with Crippen LogP contribution >= 0.6 is 11.3 Å². The lowest BCUT2D eigenvalue weighted by Gasteiger charge is -2.06. The third kappa shape index (κ3) is 3.84. The molecule has 0 atom stereocenters. The van der Waals surface area contributed by atoms with Crippen LogP contribution in [0.15, 0.2) is 54.6 Å². The number of fused-ring (bicyclic) bond motifs is 1. The van der Waals surface area contributed by atoms with Gasteiger partial charge in [0.05, 0.1) is 16.8 Å². The highest BCUT2D eigenvalue weighted by molar-refractivity contribution is 7.21. The zero-order valence-electron chi connectivity index (χ0n) is 15.5. The van der Waals surface area contributed by atoms with Gasteiger partial charge in [-0.3, -0.25) is 4.79 Å². The first-order valence-electron chi connectivity index (χ1n) is 8.88. The topological polar surface area (TPSA) is 77.0 Å². The zero-order valence-corrected chi connectivity index (χ0v) is 16.3. The predicted molar refractivity (Wildman–Crippen MR) is 111 cm³/mol. The van der Waals surface area contributed by atoms with E-state index in [0.717, 1.165) is 16.1 Å². The maximum Gasteiger partial charge on any atom is 0.276 e. The third-order valence-corrected chi connectivity index (χ3v) is 5.17. The molecule has 2 aromatic carbocycles. The molecule has 4 rings (SSSR count). The molecule has 0 saturated carbocycles. The number of amides is 1. The number of anilines is 1. The van der Waals surface area contributed by atoms with Gasteiger partial charge in [0.15, 0.2) is 5.69 Å². The molecule has 0 aliphatic heterocycles. The first-order chi connectivity index (χ1) is 13.6. The van der Waals surface area contributed by atoms with E-state index in [1.807, 2.05) is 37.3 Å². The van der Waals surface area contributed by atoms with E-state index < -0.39 is 0 Å². The van der Waals surface area contributed by atoms with E-state index in [4.69, 9.17) is 4.74 Å². The minimum atomic E-state index is -0.321. The number of carbonyl (C=O) groups is 1. The summed E-state index contributed by atoms with van der Waals surface area (Å²) in [5.41, 5.74) is 4.14. The normalized spacial score (nSPS) is 10.8. The highest BCUT2D eigenvalue weighted by Gasteiger charge is 2.10. The van der Waals surface area contributed by atoms with Gasteiger partial charge in [0.1, 0.15) is 5.01 Å². The summed E-state index contributed by atoms with van der Waals surface area (Å²) in [6.45, 7) is 4.44. The Labute approximate surface area is 166 Å². The van der Waals surface area contributed by atoms with Gasteiger partial charge in [-0.05, 0) is 61.9 Å². The minimum absolute atomic E-state index is 0.231. The van der Waals surface area contributed by atoms with Crippen molar-refractivity contribution in [1.82, 2.24) is 15.2 Å². The second-order valence-corrected chi connectivity index (χ2v) is 7.24. The molecular formula is C21H18N4O2S. The van der Waals surface area contributed by atoms with Crippen LogP contribution < -0.4 is 10.1 Å². The van der Waals surface area contributed by atoms with Gasteiger partial charge >= 0.3 is 0 Å². The summed E-state index contributed by atoms with van der Waals surface area (Å²) in [4.78, 5) is 17.0. The molecule has 0 radical (unpaired) electrons. The predicted octanol–water partition coefficient (Wildman–Crippen LogP) is 4.71. The summed E-state index contributed by atoms with van der Waals surface area (Å²) in [6, 6.07) is 17.1. The molecule has 0 spiro atoms. The SMILES string of the molecule is CCOc1ccc(C(=O)Nc2ccc(-c3nc4ccc(C)cc4s3)cc2)nn1. The maximum absolute atomic E-state index is 12.3. The molecule has 0 aliphatic carbocycles. The molecule has 6 nitrogen and oxygen atoms in total. The van der Waals surface area contributed by atoms with Crippen molar-refractivity contribution in [2.45, 2.75) is 13.8 Å². The number of benzene rings is 2. The quantitative estimate of drug-likeness (QED) is 0.534. The van der Waals surface area contributed by atoms with Crippen LogP contribution in [0.4, 0.5) is 5.69 Å². The van der Waals surface area contributed by atoms with Crippen LogP contribution in [0, 0.1) is 6.92 Å². The molecule has 2 heterocycles. The number of thiazole rings is 1. The number of hydrogen-bond acceptors (Lipinski definition) is 6. The monoisotopic (exact) mass is 390 g/mol. The van der Waals surface area contributed by atoms with Gasteiger partial charge < -0.3 is 10.1 Å². The molecule has 140 valence electrons. The molecule has 0 saturated heterocycles. The molecule has 0 unspecified atom stereocenters. The molecule has 0 fully saturated rings. The first kappa shape index (κ1) is 18.1. The molecule has 2 aromatic heterocycles. The summed E-state index contributed by atoms with van der Waals surface area (Å²) < 4.78 is 6.40. The smallest absolute Gasteiger partial charge is 0.276 e. The highest BCUT2D eigenvalue weighted by atomic mass is 32.1. The van der Waals surface area contributed by atoms with Gasteiger partial charge in [0, 0.05) is 17.3 Å². The van der Waals surface area contributed by atoms with Crippen molar-refractivity contribution in [3.05, 3.63) is 65.9 Å². The number of aromatic nitrogens is 3. The van der Waals surface area contributed by atoms with Gasteiger partial charge in [-0.25, -0.2) is 4.98 Å². The Hall–Kier alpha value is -3.32. The summed E-state index contributed by atoms with van der Waals surface area (Å²) in [5, 5.41) is 11.5. The maximum atomic E-state index is 12.3. The van der Waals surface area contributed by atoms with E-state index in [1.165, 1.54) is 10.3 Å². The van der Waals surface area contributed by atoms with Gasteiger partial charge in [-0.15, -0.1) is 21.5 Å². The van der Waals surface area contributed by atoms with E-state index in [0.29, 0.717) is 18.2 Å². The molecule has 4 aromatic rings. The Kier molecular flexibility index (Phi) is 4.99. The Morgan fingerprint density at radius 1 is 1.07 bits per heavy atom. The second kappa shape index (κ2) is 7.74. The molecule has 28 heavy (non-hydrogen) atoms. The molecule has 7 heteroatoms.